The predicted molar refractivity (Wildman–Crippen MR) is 50.2 cm³/mol. The van der Waals surface area contributed by atoms with Gasteiger partial charge in [-0.3, -0.25) is 4.79 Å². The van der Waals surface area contributed by atoms with E-state index in [0.29, 0.717) is 11.4 Å². The Kier molecular flexibility index (Phi) is 3.25. The van der Waals surface area contributed by atoms with Crippen molar-refractivity contribution in [1.29, 1.82) is 0 Å². The molecule has 1 aromatic heterocycles. The molecule has 0 spiro atoms. The van der Waals surface area contributed by atoms with Crippen molar-refractivity contribution in [2.45, 2.75) is 12.8 Å². The highest BCUT2D eigenvalue weighted by Crippen LogP contribution is 2.17. The lowest BCUT2D eigenvalue weighted by Crippen LogP contribution is -2.11. The molecule has 0 aliphatic rings. The molecule has 0 saturated carbocycles. The summed E-state index contributed by atoms with van der Waals surface area (Å²) in [6, 6.07) is 1.93. The van der Waals surface area contributed by atoms with E-state index >= 15 is 0 Å². The average Bonchev–Trinajstić information content (AvgIpc) is 2.48. The molecule has 0 aromatic carbocycles. The molecule has 0 saturated heterocycles. The van der Waals surface area contributed by atoms with Gasteiger partial charge in [0.1, 0.15) is 0 Å². The van der Waals surface area contributed by atoms with Gasteiger partial charge in [0, 0.05) is 0 Å². The van der Waals surface area contributed by atoms with E-state index in [0.717, 1.165) is 18.4 Å². The van der Waals surface area contributed by atoms with Gasteiger partial charge in [0.05, 0.1) is 4.88 Å². The van der Waals surface area contributed by atoms with E-state index < -0.39 is 0 Å². The molecule has 0 aliphatic carbocycles. The number of thiophene rings is 1. The van der Waals surface area contributed by atoms with Crippen LogP contribution in [0.1, 0.15) is 21.7 Å². The summed E-state index contributed by atoms with van der Waals surface area (Å²) in [6.45, 7) is 0.647. The van der Waals surface area contributed by atoms with Crippen LogP contribution in [0.25, 0.3) is 0 Å². The van der Waals surface area contributed by atoms with E-state index in [9.17, 15) is 4.79 Å². The number of carbonyl (C=O) groups is 1. The first-order valence-electron chi connectivity index (χ1n) is 3.82. The molecule has 0 radical (unpaired) electrons. The number of carbonyl (C=O) groups excluding carboxylic acids is 1. The van der Waals surface area contributed by atoms with Crippen LogP contribution in [0.2, 0.25) is 0 Å². The Morgan fingerprint density at radius 1 is 1.58 bits per heavy atom. The zero-order chi connectivity index (χ0) is 8.97. The van der Waals surface area contributed by atoms with Crippen molar-refractivity contribution < 1.29 is 4.79 Å². The third-order valence-corrected chi connectivity index (χ3v) is 2.59. The van der Waals surface area contributed by atoms with E-state index in [1.165, 1.54) is 11.3 Å². The first-order chi connectivity index (χ1) is 5.75. The van der Waals surface area contributed by atoms with E-state index in [4.69, 9.17) is 11.5 Å². The third kappa shape index (κ3) is 2.06. The molecule has 0 atom stereocenters. The largest absolute Gasteiger partial charge is 0.365 e. The Balaban J connectivity index is 2.70. The summed E-state index contributed by atoms with van der Waals surface area (Å²) in [4.78, 5) is 11.5. The maximum atomic E-state index is 10.8. The Morgan fingerprint density at radius 3 is 2.92 bits per heavy atom. The highest BCUT2D eigenvalue weighted by Gasteiger charge is 2.08. The van der Waals surface area contributed by atoms with E-state index in [-0.39, 0.29) is 5.91 Å². The monoisotopic (exact) mass is 184 g/mol. The van der Waals surface area contributed by atoms with Crippen LogP contribution in [0.15, 0.2) is 11.4 Å². The molecule has 66 valence electrons. The van der Waals surface area contributed by atoms with Crippen molar-refractivity contribution in [2.24, 2.45) is 11.5 Å². The van der Waals surface area contributed by atoms with Gasteiger partial charge in [-0.1, -0.05) is 0 Å². The highest BCUT2D eigenvalue weighted by atomic mass is 32.1. The fourth-order valence-corrected chi connectivity index (χ4v) is 1.85. The molecule has 0 aliphatic heterocycles. The summed E-state index contributed by atoms with van der Waals surface area (Å²) in [6.07, 6.45) is 1.75. The van der Waals surface area contributed by atoms with Gasteiger partial charge in [-0.15, -0.1) is 11.3 Å². The molecule has 0 fully saturated rings. The van der Waals surface area contributed by atoms with Crippen molar-refractivity contribution in [3.8, 4) is 0 Å². The number of amides is 1. The first kappa shape index (κ1) is 9.22. The summed E-state index contributed by atoms with van der Waals surface area (Å²) in [5, 5.41) is 1.88. The Bertz CT molecular complexity index is 270. The van der Waals surface area contributed by atoms with Crippen LogP contribution in [0.4, 0.5) is 0 Å². The van der Waals surface area contributed by atoms with Crippen molar-refractivity contribution in [3.05, 3.63) is 21.9 Å². The molecule has 1 rings (SSSR count). The summed E-state index contributed by atoms with van der Waals surface area (Å²) in [5.74, 6) is -0.336. The lowest BCUT2D eigenvalue weighted by atomic mass is 10.1. The van der Waals surface area contributed by atoms with E-state index in [1.54, 1.807) is 0 Å². The lowest BCUT2D eigenvalue weighted by Gasteiger charge is -1.97. The molecule has 12 heavy (non-hydrogen) atoms. The Morgan fingerprint density at radius 2 is 2.33 bits per heavy atom. The van der Waals surface area contributed by atoms with Crippen molar-refractivity contribution >= 4 is 17.2 Å². The van der Waals surface area contributed by atoms with Gasteiger partial charge in [0.15, 0.2) is 0 Å². The van der Waals surface area contributed by atoms with Gasteiger partial charge in [0.2, 0.25) is 0 Å². The second kappa shape index (κ2) is 4.23. The van der Waals surface area contributed by atoms with Crippen LogP contribution in [-0.2, 0) is 6.42 Å². The average molecular weight is 184 g/mol. The van der Waals surface area contributed by atoms with Crippen LogP contribution in [0, 0.1) is 0 Å². The summed E-state index contributed by atoms with van der Waals surface area (Å²) < 4.78 is 0. The van der Waals surface area contributed by atoms with E-state index in [2.05, 4.69) is 0 Å². The molecule has 1 aromatic rings. The Labute approximate surface area is 75.4 Å². The lowest BCUT2D eigenvalue weighted by molar-refractivity contribution is 0.100. The van der Waals surface area contributed by atoms with E-state index in [1.807, 2.05) is 11.4 Å². The smallest absolute Gasteiger partial charge is 0.259 e. The number of nitrogens with two attached hydrogens (primary N) is 2. The topological polar surface area (TPSA) is 69.1 Å². The van der Waals surface area contributed by atoms with Crippen LogP contribution >= 0.6 is 11.3 Å². The molecule has 4 N–H and O–H groups in total. The molecule has 0 bridgehead atoms. The molecule has 0 unspecified atom stereocenters. The second-order valence-electron chi connectivity index (χ2n) is 2.53. The number of rotatable bonds is 4. The highest BCUT2D eigenvalue weighted by molar-refractivity contribution is 7.12. The second-order valence-corrected chi connectivity index (χ2v) is 3.45. The minimum atomic E-state index is -0.336. The van der Waals surface area contributed by atoms with Crippen LogP contribution in [-0.4, -0.2) is 12.5 Å². The third-order valence-electron chi connectivity index (χ3n) is 1.62. The quantitative estimate of drug-likeness (QED) is 0.724. The van der Waals surface area contributed by atoms with Gasteiger partial charge >= 0.3 is 0 Å². The SMILES string of the molecule is NCCCc1ccsc1C(N)=O. The van der Waals surface area contributed by atoms with Crippen molar-refractivity contribution in [2.75, 3.05) is 6.54 Å². The van der Waals surface area contributed by atoms with Crippen LogP contribution in [0.5, 0.6) is 0 Å². The zero-order valence-electron chi connectivity index (χ0n) is 6.75. The Hall–Kier alpha value is -0.870. The number of hydrogen-bond acceptors (Lipinski definition) is 3. The van der Waals surface area contributed by atoms with Crippen molar-refractivity contribution in [3.63, 3.8) is 0 Å². The van der Waals surface area contributed by atoms with Gasteiger partial charge in [-0.2, -0.15) is 0 Å². The maximum Gasteiger partial charge on any atom is 0.259 e. The maximum absolute atomic E-state index is 10.8. The minimum absolute atomic E-state index is 0.336. The molecule has 3 nitrogen and oxygen atoms in total. The number of primary amides is 1. The van der Waals surface area contributed by atoms with Gasteiger partial charge in [0.25, 0.3) is 5.91 Å². The summed E-state index contributed by atoms with van der Waals surface area (Å²) >= 11 is 1.39. The predicted octanol–water partition coefficient (Wildman–Crippen LogP) is 0.738. The molecular formula is C8H12N2OS. The molecule has 1 heterocycles. The van der Waals surface area contributed by atoms with Crippen LogP contribution < -0.4 is 11.5 Å². The minimum Gasteiger partial charge on any atom is -0.365 e. The molecular weight excluding hydrogens is 172 g/mol. The first-order valence-corrected chi connectivity index (χ1v) is 4.70. The standard InChI is InChI=1S/C8H12N2OS/c9-4-1-2-6-3-5-12-7(6)8(10)11/h3,5H,1-2,4,9H2,(H2,10,11). The van der Waals surface area contributed by atoms with Crippen LogP contribution in [0.3, 0.4) is 0 Å². The van der Waals surface area contributed by atoms with Gasteiger partial charge in [-0.05, 0) is 36.4 Å². The normalized spacial score (nSPS) is 10.1. The fourth-order valence-electron chi connectivity index (χ4n) is 1.04. The molecule has 1 amide bonds. The summed E-state index contributed by atoms with van der Waals surface area (Å²) in [5.41, 5.74) is 11.6. The molecule has 4 heteroatoms. The van der Waals surface area contributed by atoms with Gasteiger partial charge in [-0.25, -0.2) is 0 Å². The van der Waals surface area contributed by atoms with Gasteiger partial charge < -0.3 is 11.5 Å². The van der Waals surface area contributed by atoms with Crippen molar-refractivity contribution in [1.82, 2.24) is 0 Å². The summed E-state index contributed by atoms with van der Waals surface area (Å²) in [7, 11) is 0. The number of aryl methyl sites for hydroxylation is 1. The zero-order valence-corrected chi connectivity index (χ0v) is 7.56. The number of hydrogen-bond donors (Lipinski definition) is 2. The fraction of sp³-hybridized carbons (Fsp3) is 0.375.